The molecule has 1 aromatic heterocycles. The Morgan fingerprint density at radius 1 is 1.09 bits per heavy atom. The fourth-order valence-electron chi connectivity index (χ4n) is 3.08. The minimum absolute atomic E-state index is 0.166. The van der Waals surface area contributed by atoms with Gasteiger partial charge in [-0.15, -0.1) is 11.3 Å². The topological polar surface area (TPSA) is 35.5 Å². The number of benzene rings is 1. The number of rotatable bonds is 6. The van der Waals surface area contributed by atoms with Crippen LogP contribution in [0.2, 0.25) is 0 Å². The molecule has 0 amide bonds. The van der Waals surface area contributed by atoms with Gasteiger partial charge in [-0.25, -0.2) is 0 Å². The molecule has 0 spiro atoms. The first-order valence-electron chi connectivity index (χ1n) is 7.98. The van der Waals surface area contributed by atoms with Crippen molar-refractivity contribution in [2.45, 2.75) is 24.8 Å². The van der Waals surface area contributed by atoms with E-state index in [0.717, 1.165) is 44.6 Å². The van der Waals surface area contributed by atoms with Crippen LogP contribution in [-0.2, 0) is 6.42 Å². The van der Waals surface area contributed by atoms with Crippen LogP contribution < -0.4 is 5.32 Å². The molecule has 2 aromatic rings. The van der Waals surface area contributed by atoms with Crippen LogP contribution in [0.3, 0.4) is 0 Å². The molecule has 1 saturated heterocycles. The number of piperidine rings is 1. The first-order valence-corrected chi connectivity index (χ1v) is 8.86. The Kier molecular flexibility index (Phi) is 5.13. The molecule has 3 nitrogen and oxygen atoms in total. The number of para-hydroxylation sites is 1. The maximum absolute atomic E-state index is 9.89. The van der Waals surface area contributed by atoms with Gasteiger partial charge in [0, 0.05) is 30.2 Å². The smallest absolute Gasteiger partial charge is 0.0662 e. The quantitative estimate of drug-likeness (QED) is 0.859. The summed E-state index contributed by atoms with van der Waals surface area (Å²) >= 11 is 1.84. The summed E-state index contributed by atoms with van der Waals surface area (Å²) in [7, 11) is 0. The number of thiophene rings is 1. The van der Waals surface area contributed by atoms with Crippen molar-refractivity contribution in [3.63, 3.8) is 0 Å². The van der Waals surface area contributed by atoms with E-state index >= 15 is 0 Å². The van der Waals surface area contributed by atoms with E-state index < -0.39 is 0 Å². The molecule has 1 aliphatic heterocycles. The summed E-state index contributed by atoms with van der Waals surface area (Å²) in [5, 5.41) is 15.6. The van der Waals surface area contributed by atoms with Crippen LogP contribution in [0.4, 0.5) is 5.69 Å². The number of aliphatic hydroxyl groups excluding tert-OH is 1. The summed E-state index contributed by atoms with van der Waals surface area (Å²) in [4.78, 5) is 3.97. The SMILES string of the molecule is OCC1(Nc2ccccc2)CCN(CCc2cccs2)CC1. The third kappa shape index (κ3) is 3.88. The second kappa shape index (κ2) is 7.27. The number of likely N-dealkylation sites (tertiary alicyclic amines) is 1. The van der Waals surface area contributed by atoms with Crippen molar-refractivity contribution >= 4 is 17.0 Å². The predicted octanol–water partition coefficient (Wildman–Crippen LogP) is 3.23. The largest absolute Gasteiger partial charge is 0.394 e. The van der Waals surface area contributed by atoms with Gasteiger partial charge < -0.3 is 15.3 Å². The van der Waals surface area contributed by atoms with E-state index in [-0.39, 0.29) is 12.1 Å². The van der Waals surface area contributed by atoms with Crippen molar-refractivity contribution in [3.8, 4) is 0 Å². The summed E-state index contributed by atoms with van der Waals surface area (Å²) < 4.78 is 0. The highest BCUT2D eigenvalue weighted by atomic mass is 32.1. The van der Waals surface area contributed by atoms with Crippen molar-refractivity contribution in [1.29, 1.82) is 0 Å². The highest BCUT2D eigenvalue weighted by Gasteiger charge is 2.33. The molecule has 2 N–H and O–H groups in total. The average molecular weight is 316 g/mol. The van der Waals surface area contributed by atoms with Crippen molar-refractivity contribution in [2.75, 3.05) is 31.6 Å². The number of hydrogen-bond donors (Lipinski definition) is 2. The Morgan fingerprint density at radius 2 is 1.86 bits per heavy atom. The second-order valence-electron chi connectivity index (χ2n) is 6.10. The van der Waals surface area contributed by atoms with Gasteiger partial charge in [0.2, 0.25) is 0 Å². The van der Waals surface area contributed by atoms with Crippen LogP contribution in [0, 0.1) is 0 Å². The zero-order chi connectivity index (χ0) is 15.3. The molecular weight excluding hydrogens is 292 g/mol. The van der Waals surface area contributed by atoms with Gasteiger partial charge in [-0.1, -0.05) is 24.3 Å². The molecule has 1 aromatic carbocycles. The highest BCUT2D eigenvalue weighted by Crippen LogP contribution is 2.27. The minimum atomic E-state index is -0.166. The molecule has 0 unspecified atom stereocenters. The highest BCUT2D eigenvalue weighted by molar-refractivity contribution is 7.09. The Labute approximate surface area is 136 Å². The summed E-state index contributed by atoms with van der Waals surface area (Å²) in [5.74, 6) is 0. The lowest BCUT2D eigenvalue weighted by atomic mass is 9.87. The lowest BCUT2D eigenvalue weighted by Gasteiger charge is -2.42. The van der Waals surface area contributed by atoms with Gasteiger partial charge in [-0.2, -0.15) is 0 Å². The molecule has 2 heterocycles. The number of anilines is 1. The van der Waals surface area contributed by atoms with Gasteiger partial charge in [0.1, 0.15) is 0 Å². The molecule has 22 heavy (non-hydrogen) atoms. The normalized spacial score (nSPS) is 18.2. The first-order chi connectivity index (χ1) is 10.8. The Morgan fingerprint density at radius 3 is 2.50 bits per heavy atom. The van der Waals surface area contributed by atoms with E-state index in [1.54, 1.807) is 0 Å². The summed E-state index contributed by atoms with van der Waals surface area (Å²) in [6.45, 7) is 3.41. The van der Waals surface area contributed by atoms with Crippen LogP contribution in [0.5, 0.6) is 0 Å². The molecule has 1 aliphatic rings. The number of aliphatic hydroxyl groups is 1. The van der Waals surface area contributed by atoms with E-state index in [4.69, 9.17) is 0 Å². The maximum Gasteiger partial charge on any atom is 0.0662 e. The maximum atomic E-state index is 9.89. The predicted molar refractivity (Wildman–Crippen MR) is 93.6 cm³/mol. The Bertz CT molecular complexity index is 548. The van der Waals surface area contributed by atoms with Crippen molar-refractivity contribution in [3.05, 3.63) is 52.7 Å². The van der Waals surface area contributed by atoms with Gasteiger partial charge in [0.15, 0.2) is 0 Å². The van der Waals surface area contributed by atoms with E-state index in [2.05, 4.69) is 39.9 Å². The summed E-state index contributed by atoms with van der Waals surface area (Å²) in [6, 6.07) is 14.6. The van der Waals surface area contributed by atoms with Crippen LogP contribution in [0.15, 0.2) is 47.8 Å². The molecule has 4 heteroatoms. The van der Waals surface area contributed by atoms with Gasteiger partial charge in [-0.05, 0) is 42.8 Å². The van der Waals surface area contributed by atoms with Crippen LogP contribution >= 0.6 is 11.3 Å². The van der Waals surface area contributed by atoms with E-state index in [1.807, 2.05) is 29.5 Å². The molecular formula is C18H24N2OS. The molecule has 0 atom stereocenters. The monoisotopic (exact) mass is 316 g/mol. The van der Waals surface area contributed by atoms with Crippen molar-refractivity contribution < 1.29 is 5.11 Å². The number of hydrogen-bond acceptors (Lipinski definition) is 4. The standard InChI is InChI=1S/C18H24N2OS/c21-15-18(19-16-5-2-1-3-6-16)9-12-20(13-10-18)11-8-17-7-4-14-22-17/h1-7,14,19,21H,8-13,15H2. The zero-order valence-electron chi connectivity index (χ0n) is 12.9. The number of nitrogens with one attached hydrogen (secondary N) is 1. The number of nitrogens with zero attached hydrogens (tertiary/aromatic N) is 1. The Balaban J connectivity index is 1.52. The van der Waals surface area contributed by atoms with E-state index in [1.165, 1.54) is 4.88 Å². The Hall–Kier alpha value is -1.36. The van der Waals surface area contributed by atoms with Crippen molar-refractivity contribution in [1.82, 2.24) is 4.90 Å². The fourth-order valence-corrected chi connectivity index (χ4v) is 3.78. The van der Waals surface area contributed by atoms with Gasteiger partial charge in [-0.3, -0.25) is 0 Å². The molecule has 0 radical (unpaired) electrons. The summed E-state index contributed by atoms with van der Waals surface area (Å²) in [6.07, 6.45) is 3.11. The molecule has 0 bridgehead atoms. The van der Waals surface area contributed by atoms with E-state index in [0.29, 0.717) is 0 Å². The van der Waals surface area contributed by atoms with Crippen LogP contribution in [0.1, 0.15) is 17.7 Å². The first kappa shape index (κ1) is 15.5. The van der Waals surface area contributed by atoms with Crippen LogP contribution in [-0.4, -0.2) is 41.8 Å². The molecule has 3 rings (SSSR count). The van der Waals surface area contributed by atoms with Gasteiger partial charge in [0.05, 0.1) is 12.1 Å². The average Bonchev–Trinajstić information content (AvgIpc) is 3.09. The van der Waals surface area contributed by atoms with Crippen molar-refractivity contribution in [2.24, 2.45) is 0 Å². The van der Waals surface area contributed by atoms with Gasteiger partial charge >= 0.3 is 0 Å². The summed E-state index contributed by atoms with van der Waals surface area (Å²) in [5.41, 5.74) is 0.935. The second-order valence-corrected chi connectivity index (χ2v) is 7.13. The lowest BCUT2D eigenvalue weighted by Crippen LogP contribution is -2.51. The zero-order valence-corrected chi connectivity index (χ0v) is 13.7. The molecule has 0 saturated carbocycles. The molecule has 0 aliphatic carbocycles. The lowest BCUT2D eigenvalue weighted by molar-refractivity contribution is 0.120. The third-order valence-corrected chi connectivity index (χ3v) is 5.49. The minimum Gasteiger partial charge on any atom is -0.394 e. The fraction of sp³-hybridized carbons (Fsp3) is 0.444. The third-order valence-electron chi connectivity index (χ3n) is 4.55. The molecule has 118 valence electrons. The molecule has 1 fully saturated rings. The van der Waals surface area contributed by atoms with E-state index in [9.17, 15) is 5.11 Å². The van der Waals surface area contributed by atoms with Crippen LogP contribution in [0.25, 0.3) is 0 Å². The van der Waals surface area contributed by atoms with Gasteiger partial charge in [0.25, 0.3) is 0 Å².